The predicted molar refractivity (Wildman–Crippen MR) is 85.3 cm³/mol. The first-order valence-electron chi connectivity index (χ1n) is 7.65. The van der Waals surface area contributed by atoms with Gasteiger partial charge in [-0.2, -0.15) is 4.31 Å². The maximum absolute atomic E-state index is 12.6. The van der Waals surface area contributed by atoms with E-state index in [1.54, 1.807) is 17.5 Å². The van der Waals surface area contributed by atoms with Crippen molar-refractivity contribution in [3.63, 3.8) is 0 Å². The summed E-state index contributed by atoms with van der Waals surface area (Å²) in [4.78, 5) is 12.4. The number of amides is 1. The normalized spacial score (nSPS) is 26.4. The van der Waals surface area contributed by atoms with Gasteiger partial charge in [-0.1, -0.05) is 6.07 Å². The van der Waals surface area contributed by atoms with E-state index in [1.165, 1.54) is 15.6 Å². The Morgan fingerprint density at radius 1 is 1.41 bits per heavy atom. The highest BCUT2D eigenvalue weighted by Gasteiger charge is 2.39. The smallest absolute Gasteiger partial charge is 0.253 e. The number of nitrogens with one attached hydrogen (secondary N) is 2. The zero-order valence-electron chi connectivity index (χ0n) is 12.3. The van der Waals surface area contributed by atoms with Crippen LogP contribution in [-0.4, -0.2) is 50.3 Å². The summed E-state index contributed by atoms with van der Waals surface area (Å²) in [6.45, 7) is 1.98. The van der Waals surface area contributed by atoms with Gasteiger partial charge in [-0.15, -0.1) is 11.3 Å². The molecule has 3 rings (SSSR count). The van der Waals surface area contributed by atoms with Gasteiger partial charge in [0, 0.05) is 19.1 Å². The van der Waals surface area contributed by atoms with Gasteiger partial charge in [0.25, 0.3) is 10.0 Å². The van der Waals surface area contributed by atoms with Gasteiger partial charge in [-0.25, -0.2) is 8.42 Å². The molecule has 0 bridgehead atoms. The van der Waals surface area contributed by atoms with E-state index < -0.39 is 16.1 Å². The van der Waals surface area contributed by atoms with Crippen molar-refractivity contribution in [2.75, 3.05) is 19.6 Å². The van der Waals surface area contributed by atoms with Crippen molar-refractivity contribution < 1.29 is 13.2 Å². The van der Waals surface area contributed by atoms with Crippen LogP contribution >= 0.6 is 11.3 Å². The molecule has 0 aromatic carbocycles. The molecule has 2 unspecified atom stereocenters. The van der Waals surface area contributed by atoms with E-state index in [0.717, 1.165) is 25.8 Å². The zero-order valence-corrected chi connectivity index (χ0v) is 14.0. The molecule has 3 heterocycles. The summed E-state index contributed by atoms with van der Waals surface area (Å²) in [5.41, 5.74) is 0. The molecule has 2 saturated heterocycles. The lowest BCUT2D eigenvalue weighted by atomic mass is 10.2. The minimum absolute atomic E-state index is 0.175. The molecule has 1 amide bonds. The minimum Gasteiger partial charge on any atom is -0.353 e. The van der Waals surface area contributed by atoms with E-state index in [2.05, 4.69) is 10.6 Å². The number of sulfonamides is 1. The largest absolute Gasteiger partial charge is 0.353 e. The fourth-order valence-electron chi connectivity index (χ4n) is 3.09. The summed E-state index contributed by atoms with van der Waals surface area (Å²) >= 11 is 1.19. The highest BCUT2D eigenvalue weighted by atomic mass is 32.2. The van der Waals surface area contributed by atoms with Gasteiger partial charge >= 0.3 is 0 Å². The number of carbonyl (C=O) groups is 1. The molecule has 8 heteroatoms. The van der Waals surface area contributed by atoms with E-state index in [1.807, 2.05) is 0 Å². The minimum atomic E-state index is -3.55. The Bertz CT molecular complexity index is 609. The number of nitrogens with zero attached hydrogens (tertiary/aromatic N) is 1. The van der Waals surface area contributed by atoms with Crippen molar-refractivity contribution in [3.05, 3.63) is 17.5 Å². The van der Waals surface area contributed by atoms with Crippen molar-refractivity contribution in [1.29, 1.82) is 0 Å². The number of rotatable bonds is 5. The van der Waals surface area contributed by atoms with Crippen molar-refractivity contribution >= 4 is 27.3 Å². The van der Waals surface area contributed by atoms with Crippen LogP contribution in [0.1, 0.15) is 25.7 Å². The lowest BCUT2D eigenvalue weighted by Gasteiger charge is -2.23. The van der Waals surface area contributed by atoms with E-state index in [9.17, 15) is 13.2 Å². The monoisotopic (exact) mass is 343 g/mol. The topological polar surface area (TPSA) is 78.5 Å². The Morgan fingerprint density at radius 3 is 2.95 bits per heavy atom. The van der Waals surface area contributed by atoms with Gasteiger partial charge in [-0.3, -0.25) is 4.79 Å². The highest BCUT2D eigenvalue weighted by molar-refractivity contribution is 7.91. The average Bonchev–Trinajstić information content (AvgIpc) is 3.26. The molecule has 2 aliphatic heterocycles. The van der Waals surface area contributed by atoms with Crippen molar-refractivity contribution in [2.24, 2.45) is 0 Å². The maximum atomic E-state index is 12.6. The van der Waals surface area contributed by atoms with Crippen LogP contribution in [0, 0.1) is 0 Å². The SMILES string of the molecule is O=C(NCC1CCCN1)C1CCCN1S(=O)(=O)c1cccs1. The maximum Gasteiger partial charge on any atom is 0.253 e. The fraction of sp³-hybridized carbons (Fsp3) is 0.643. The van der Waals surface area contributed by atoms with E-state index in [-0.39, 0.29) is 5.91 Å². The molecule has 22 heavy (non-hydrogen) atoms. The molecule has 0 radical (unpaired) electrons. The van der Waals surface area contributed by atoms with Gasteiger partial charge in [0.05, 0.1) is 0 Å². The Labute approximate surface area is 134 Å². The number of hydrogen-bond donors (Lipinski definition) is 2. The average molecular weight is 343 g/mol. The molecule has 2 aliphatic rings. The standard InChI is InChI=1S/C14H21N3O3S2/c18-14(16-10-11-4-1-7-15-11)12-5-2-8-17(12)22(19,20)13-6-3-9-21-13/h3,6,9,11-12,15H,1-2,4-5,7-8,10H2,(H,16,18). The van der Waals surface area contributed by atoms with Crippen LogP contribution in [0.4, 0.5) is 0 Å². The number of hydrogen-bond acceptors (Lipinski definition) is 5. The van der Waals surface area contributed by atoms with E-state index >= 15 is 0 Å². The van der Waals surface area contributed by atoms with E-state index in [4.69, 9.17) is 0 Å². The van der Waals surface area contributed by atoms with Crippen LogP contribution in [0.15, 0.2) is 21.7 Å². The summed E-state index contributed by atoms with van der Waals surface area (Å²) < 4.78 is 26.9. The summed E-state index contributed by atoms with van der Waals surface area (Å²) in [5.74, 6) is -0.175. The van der Waals surface area contributed by atoms with Gasteiger partial charge in [0.2, 0.25) is 5.91 Å². The lowest BCUT2D eigenvalue weighted by molar-refractivity contribution is -0.124. The second-order valence-corrected chi connectivity index (χ2v) is 8.81. The van der Waals surface area contributed by atoms with Crippen molar-refractivity contribution in [3.8, 4) is 0 Å². The third-order valence-electron chi connectivity index (χ3n) is 4.25. The first kappa shape index (κ1) is 15.9. The quantitative estimate of drug-likeness (QED) is 0.828. The zero-order chi connectivity index (χ0) is 15.6. The molecule has 122 valence electrons. The Morgan fingerprint density at radius 2 is 2.27 bits per heavy atom. The molecule has 1 aromatic rings. The van der Waals surface area contributed by atoms with Crippen molar-refractivity contribution in [1.82, 2.24) is 14.9 Å². The van der Waals surface area contributed by atoms with Crippen molar-refractivity contribution in [2.45, 2.75) is 42.0 Å². The molecule has 0 spiro atoms. The van der Waals surface area contributed by atoms with E-state index in [0.29, 0.717) is 29.8 Å². The predicted octanol–water partition coefficient (Wildman–Crippen LogP) is 0.769. The van der Waals surface area contributed by atoms with Gasteiger partial charge in [0.15, 0.2) is 0 Å². The van der Waals surface area contributed by atoms with Crippen LogP contribution in [0.3, 0.4) is 0 Å². The molecular weight excluding hydrogens is 322 g/mol. The third-order valence-corrected chi connectivity index (χ3v) is 7.53. The molecule has 2 fully saturated rings. The van der Waals surface area contributed by atoms with Crippen LogP contribution in [0.2, 0.25) is 0 Å². The molecule has 2 atom stereocenters. The van der Waals surface area contributed by atoms with Crippen LogP contribution < -0.4 is 10.6 Å². The Balaban J connectivity index is 1.66. The molecule has 0 saturated carbocycles. The van der Waals surface area contributed by atoms with Gasteiger partial charge in [0.1, 0.15) is 10.3 Å². The molecule has 0 aliphatic carbocycles. The highest BCUT2D eigenvalue weighted by Crippen LogP contribution is 2.28. The first-order chi connectivity index (χ1) is 10.6. The first-order valence-corrected chi connectivity index (χ1v) is 9.97. The molecular formula is C14H21N3O3S2. The summed E-state index contributed by atoms with van der Waals surface area (Å²) in [6, 6.07) is 3.05. The second kappa shape index (κ2) is 6.66. The van der Waals surface area contributed by atoms with Crippen LogP contribution in [0.5, 0.6) is 0 Å². The second-order valence-electron chi connectivity index (χ2n) is 5.74. The number of carbonyl (C=O) groups excluding carboxylic acids is 1. The van der Waals surface area contributed by atoms with Crippen LogP contribution in [0.25, 0.3) is 0 Å². The Hall–Kier alpha value is -0.960. The molecule has 2 N–H and O–H groups in total. The fourth-order valence-corrected chi connectivity index (χ4v) is 5.86. The third kappa shape index (κ3) is 3.19. The summed E-state index contributed by atoms with van der Waals surface area (Å²) in [6.07, 6.45) is 3.50. The number of thiophene rings is 1. The molecule has 6 nitrogen and oxygen atoms in total. The lowest BCUT2D eigenvalue weighted by Crippen LogP contribution is -2.48. The summed E-state index contributed by atoms with van der Waals surface area (Å²) in [5, 5.41) is 7.97. The Kier molecular flexibility index (Phi) is 4.82. The summed E-state index contributed by atoms with van der Waals surface area (Å²) in [7, 11) is -3.55. The van der Waals surface area contributed by atoms with Crippen LogP contribution in [-0.2, 0) is 14.8 Å². The van der Waals surface area contributed by atoms with Gasteiger partial charge in [-0.05, 0) is 43.7 Å². The molecule has 1 aromatic heterocycles. The van der Waals surface area contributed by atoms with Gasteiger partial charge < -0.3 is 10.6 Å².